The molecule has 0 bridgehead atoms. The maximum Gasteiger partial charge on any atom is 0.291 e. The zero-order valence-corrected chi connectivity index (χ0v) is 12.9. The van der Waals surface area contributed by atoms with E-state index in [1.165, 1.54) is 0 Å². The van der Waals surface area contributed by atoms with Gasteiger partial charge < -0.3 is 19.2 Å². The van der Waals surface area contributed by atoms with Gasteiger partial charge in [0.2, 0.25) is 0 Å². The molecule has 5 nitrogen and oxygen atoms in total. The standard InChI is InChI=1S/C14H14BrNO4/c1-8-6-12(19-3)9(7-11(8)18-2)16-14(17)10-4-5-13(15)20-10/h4-7H,1-3H3,(H,16,17). The Morgan fingerprint density at radius 2 is 1.90 bits per heavy atom. The van der Waals surface area contributed by atoms with Crippen molar-refractivity contribution in [3.63, 3.8) is 0 Å². The molecule has 1 amide bonds. The van der Waals surface area contributed by atoms with E-state index in [0.717, 1.165) is 5.56 Å². The van der Waals surface area contributed by atoms with Crippen LogP contribution in [-0.2, 0) is 0 Å². The van der Waals surface area contributed by atoms with Gasteiger partial charge in [-0.3, -0.25) is 4.79 Å². The Balaban J connectivity index is 2.30. The second-order valence-electron chi connectivity index (χ2n) is 4.08. The molecule has 0 aliphatic rings. The highest BCUT2D eigenvalue weighted by Crippen LogP contribution is 2.32. The molecule has 2 rings (SSSR count). The number of aryl methyl sites for hydroxylation is 1. The van der Waals surface area contributed by atoms with Crippen molar-refractivity contribution < 1.29 is 18.7 Å². The van der Waals surface area contributed by atoms with E-state index in [2.05, 4.69) is 21.2 Å². The van der Waals surface area contributed by atoms with Gasteiger partial charge in [0.25, 0.3) is 5.91 Å². The maximum absolute atomic E-state index is 12.1. The summed E-state index contributed by atoms with van der Waals surface area (Å²) in [6.07, 6.45) is 0. The molecule has 0 saturated carbocycles. The number of hydrogen-bond acceptors (Lipinski definition) is 4. The van der Waals surface area contributed by atoms with E-state index in [-0.39, 0.29) is 11.7 Å². The number of carbonyl (C=O) groups is 1. The highest BCUT2D eigenvalue weighted by atomic mass is 79.9. The van der Waals surface area contributed by atoms with E-state index in [0.29, 0.717) is 21.9 Å². The van der Waals surface area contributed by atoms with Crippen molar-refractivity contribution in [3.8, 4) is 11.5 Å². The van der Waals surface area contributed by atoms with Crippen LogP contribution in [0.15, 0.2) is 33.4 Å². The van der Waals surface area contributed by atoms with Gasteiger partial charge in [0.1, 0.15) is 11.5 Å². The minimum absolute atomic E-state index is 0.207. The van der Waals surface area contributed by atoms with Gasteiger partial charge in [-0.15, -0.1) is 0 Å². The molecule has 0 spiro atoms. The third-order valence-electron chi connectivity index (χ3n) is 2.76. The summed E-state index contributed by atoms with van der Waals surface area (Å²) in [4.78, 5) is 12.1. The SMILES string of the molecule is COc1cc(NC(=O)c2ccc(Br)o2)c(OC)cc1C. The molecule has 0 atom stereocenters. The molecule has 6 heteroatoms. The largest absolute Gasteiger partial charge is 0.496 e. The van der Waals surface area contributed by atoms with Gasteiger partial charge in [-0.25, -0.2) is 0 Å². The van der Waals surface area contributed by atoms with Crippen LogP contribution in [0.4, 0.5) is 5.69 Å². The summed E-state index contributed by atoms with van der Waals surface area (Å²) in [7, 11) is 3.12. The second-order valence-corrected chi connectivity index (χ2v) is 4.86. The van der Waals surface area contributed by atoms with Crippen LogP contribution in [0.1, 0.15) is 16.1 Å². The molecular weight excluding hydrogens is 326 g/mol. The lowest BCUT2D eigenvalue weighted by atomic mass is 10.2. The number of furan rings is 1. The third kappa shape index (κ3) is 2.96. The topological polar surface area (TPSA) is 60.7 Å². The minimum Gasteiger partial charge on any atom is -0.496 e. The summed E-state index contributed by atoms with van der Waals surface area (Å²) >= 11 is 3.15. The van der Waals surface area contributed by atoms with Gasteiger partial charge in [0.15, 0.2) is 10.4 Å². The van der Waals surface area contributed by atoms with E-state index < -0.39 is 0 Å². The monoisotopic (exact) mass is 339 g/mol. The van der Waals surface area contributed by atoms with Crippen LogP contribution in [0.3, 0.4) is 0 Å². The van der Waals surface area contributed by atoms with Crippen molar-refractivity contribution in [1.29, 1.82) is 0 Å². The van der Waals surface area contributed by atoms with E-state index in [4.69, 9.17) is 13.9 Å². The molecule has 0 saturated heterocycles. The molecule has 0 radical (unpaired) electrons. The third-order valence-corrected chi connectivity index (χ3v) is 3.19. The number of methoxy groups -OCH3 is 2. The first-order valence-electron chi connectivity index (χ1n) is 5.84. The summed E-state index contributed by atoms with van der Waals surface area (Å²) in [5.41, 5.74) is 1.44. The maximum atomic E-state index is 12.1. The molecule has 1 aromatic carbocycles. The number of carbonyl (C=O) groups excluding carboxylic acids is 1. The number of halogens is 1. The fraction of sp³-hybridized carbons (Fsp3) is 0.214. The second kappa shape index (κ2) is 6.00. The first-order chi connectivity index (χ1) is 9.55. The summed E-state index contributed by atoms with van der Waals surface area (Å²) in [5.74, 6) is 1.07. The molecule has 20 heavy (non-hydrogen) atoms. The van der Waals surface area contributed by atoms with Gasteiger partial charge in [-0.1, -0.05) is 0 Å². The molecule has 106 valence electrons. The average Bonchev–Trinajstić information content (AvgIpc) is 2.87. The van der Waals surface area contributed by atoms with Crippen LogP contribution in [-0.4, -0.2) is 20.1 Å². The quantitative estimate of drug-likeness (QED) is 0.924. The Labute approximate surface area is 125 Å². The van der Waals surface area contributed by atoms with Crippen LogP contribution >= 0.6 is 15.9 Å². The normalized spacial score (nSPS) is 10.2. The number of anilines is 1. The van der Waals surface area contributed by atoms with Crippen molar-refractivity contribution in [2.45, 2.75) is 6.92 Å². The lowest BCUT2D eigenvalue weighted by Crippen LogP contribution is -2.12. The number of nitrogens with one attached hydrogen (secondary N) is 1. The number of hydrogen-bond donors (Lipinski definition) is 1. The first-order valence-corrected chi connectivity index (χ1v) is 6.63. The molecule has 0 fully saturated rings. The number of rotatable bonds is 4. The highest BCUT2D eigenvalue weighted by molar-refractivity contribution is 9.10. The fourth-order valence-electron chi connectivity index (χ4n) is 1.77. The van der Waals surface area contributed by atoms with Crippen molar-refractivity contribution in [1.82, 2.24) is 0 Å². The van der Waals surface area contributed by atoms with E-state index in [9.17, 15) is 4.79 Å². The van der Waals surface area contributed by atoms with E-state index >= 15 is 0 Å². The predicted molar refractivity (Wildman–Crippen MR) is 78.6 cm³/mol. The van der Waals surface area contributed by atoms with Crippen LogP contribution in [0.2, 0.25) is 0 Å². The minimum atomic E-state index is -0.361. The number of amides is 1. The lowest BCUT2D eigenvalue weighted by Gasteiger charge is -2.13. The average molecular weight is 340 g/mol. The Bertz CT molecular complexity index is 636. The molecule has 0 aliphatic carbocycles. The Morgan fingerprint density at radius 1 is 1.20 bits per heavy atom. The summed E-state index contributed by atoms with van der Waals surface area (Å²) in [6, 6.07) is 6.75. The first kappa shape index (κ1) is 14.5. The highest BCUT2D eigenvalue weighted by Gasteiger charge is 2.15. The smallest absolute Gasteiger partial charge is 0.291 e. The van der Waals surface area contributed by atoms with Crippen LogP contribution in [0, 0.1) is 6.92 Å². The lowest BCUT2D eigenvalue weighted by molar-refractivity contribution is 0.0995. The van der Waals surface area contributed by atoms with Crippen LogP contribution < -0.4 is 14.8 Å². The van der Waals surface area contributed by atoms with Crippen molar-refractivity contribution in [2.75, 3.05) is 19.5 Å². The molecule has 2 aromatic rings. The zero-order valence-electron chi connectivity index (χ0n) is 11.3. The zero-order chi connectivity index (χ0) is 14.7. The summed E-state index contributed by atoms with van der Waals surface area (Å²) < 4.78 is 16.2. The number of benzene rings is 1. The summed E-state index contributed by atoms with van der Waals surface area (Å²) in [6.45, 7) is 1.90. The van der Waals surface area contributed by atoms with Gasteiger partial charge in [-0.2, -0.15) is 0 Å². The molecule has 1 aromatic heterocycles. The molecule has 1 N–H and O–H groups in total. The fourth-order valence-corrected chi connectivity index (χ4v) is 2.07. The van der Waals surface area contributed by atoms with E-state index in [1.807, 2.05) is 6.92 Å². The number of ether oxygens (including phenoxy) is 2. The molecule has 1 heterocycles. The van der Waals surface area contributed by atoms with Crippen molar-refractivity contribution in [2.24, 2.45) is 0 Å². The predicted octanol–water partition coefficient (Wildman–Crippen LogP) is 3.62. The van der Waals surface area contributed by atoms with E-state index in [1.54, 1.807) is 38.5 Å². The molecule has 0 aliphatic heterocycles. The van der Waals surface area contributed by atoms with Gasteiger partial charge in [0.05, 0.1) is 19.9 Å². The van der Waals surface area contributed by atoms with Crippen molar-refractivity contribution >= 4 is 27.5 Å². The molecular formula is C14H14BrNO4. The Kier molecular flexibility index (Phi) is 4.34. The van der Waals surface area contributed by atoms with Crippen LogP contribution in [0.25, 0.3) is 0 Å². The Hall–Kier alpha value is -1.95. The molecule has 0 unspecified atom stereocenters. The Morgan fingerprint density at radius 3 is 2.45 bits per heavy atom. The summed E-state index contributed by atoms with van der Waals surface area (Å²) in [5, 5.41) is 2.73. The van der Waals surface area contributed by atoms with Gasteiger partial charge >= 0.3 is 0 Å². The van der Waals surface area contributed by atoms with Crippen LogP contribution in [0.5, 0.6) is 11.5 Å². The van der Waals surface area contributed by atoms with Crippen molar-refractivity contribution in [3.05, 3.63) is 40.3 Å². The van der Waals surface area contributed by atoms with Gasteiger partial charge in [0, 0.05) is 6.07 Å². The van der Waals surface area contributed by atoms with Gasteiger partial charge in [-0.05, 0) is 46.6 Å².